The minimum Gasteiger partial charge on any atom is -0.465 e. The zero-order valence-corrected chi connectivity index (χ0v) is 19.5. The molecule has 174 valence electrons. The number of methoxy groups -OCH3 is 1. The first kappa shape index (κ1) is 20.9. The molecule has 2 aliphatic rings. The number of ether oxygens (including phenoxy) is 1. The molecule has 6 rings (SSSR count). The van der Waals surface area contributed by atoms with Crippen LogP contribution in [-0.2, 0) is 28.5 Å². The second kappa shape index (κ2) is 6.91. The number of fused-ring (bicyclic) bond motifs is 4. The van der Waals surface area contributed by atoms with Crippen molar-refractivity contribution in [2.75, 3.05) is 12.4 Å². The van der Waals surface area contributed by atoms with Gasteiger partial charge in [0.1, 0.15) is 11.3 Å². The Kier molecular flexibility index (Phi) is 4.25. The maximum Gasteiger partial charge on any atom is 0.338 e. The Morgan fingerprint density at radius 3 is 2.71 bits per heavy atom. The third-order valence-corrected chi connectivity index (χ3v) is 7.25. The summed E-state index contributed by atoms with van der Waals surface area (Å²) in [6.45, 7) is 4.66. The lowest BCUT2D eigenvalue weighted by Crippen LogP contribution is -2.26. The molecule has 2 aromatic heterocycles. The van der Waals surface area contributed by atoms with Gasteiger partial charge in [0.2, 0.25) is 5.91 Å². The highest BCUT2D eigenvalue weighted by Gasteiger charge is 2.40. The molecule has 1 aliphatic carbocycles. The first-order valence-electron chi connectivity index (χ1n) is 11.4. The van der Waals surface area contributed by atoms with Gasteiger partial charge in [-0.2, -0.15) is 0 Å². The monoisotopic (exact) mass is 460 g/mol. The zero-order chi connectivity index (χ0) is 23.9. The smallest absolute Gasteiger partial charge is 0.338 e. The quantitative estimate of drug-likeness (QED) is 0.446. The molecule has 2 aromatic carbocycles. The van der Waals surface area contributed by atoms with E-state index >= 15 is 4.39 Å². The van der Waals surface area contributed by atoms with Crippen molar-refractivity contribution in [3.8, 4) is 11.5 Å². The molecular formula is C26H25FN4O3. The Balaban J connectivity index is 1.61. The number of rotatable bonds is 4. The van der Waals surface area contributed by atoms with Crippen molar-refractivity contribution in [1.29, 1.82) is 0 Å². The van der Waals surface area contributed by atoms with Gasteiger partial charge in [-0.1, -0.05) is 12.1 Å². The van der Waals surface area contributed by atoms with E-state index in [1.165, 1.54) is 13.2 Å². The van der Waals surface area contributed by atoms with E-state index in [1.54, 1.807) is 17.7 Å². The fourth-order valence-corrected chi connectivity index (χ4v) is 5.09. The van der Waals surface area contributed by atoms with Gasteiger partial charge in [-0.05, 0) is 56.4 Å². The van der Waals surface area contributed by atoms with Crippen LogP contribution in [0.25, 0.3) is 33.5 Å². The van der Waals surface area contributed by atoms with E-state index in [2.05, 4.69) is 16.0 Å². The normalized spacial score (nSPS) is 16.8. The minimum absolute atomic E-state index is 0.0177. The summed E-state index contributed by atoms with van der Waals surface area (Å²) in [7, 11) is 3.04. The van der Waals surface area contributed by atoms with Crippen molar-refractivity contribution in [3.63, 3.8) is 0 Å². The summed E-state index contributed by atoms with van der Waals surface area (Å²) in [5.74, 6) is 0.0114. The van der Waals surface area contributed by atoms with Crippen LogP contribution in [0.3, 0.4) is 0 Å². The maximum atomic E-state index is 15.0. The minimum atomic E-state index is -0.607. The van der Waals surface area contributed by atoms with Crippen LogP contribution in [0.5, 0.6) is 0 Å². The number of esters is 1. The fourth-order valence-electron chi connectivity index (χ4n) is 5.09. The highest BCUT2D eigenvalue weighted by Crippen LogP contribution is 2.45. The summed E-state index contributed by atoms with van der Waals surface area (Å²) in [6.07, 6.45) is 2.32. The lowest BCUT2D eigenvalue weighted by Gasteiger charge is -2.15. The molecule has 1 amide bonds. The zero-order valence-electron chi connectivity index (χ0n) is 19.5. The number of anilines is 1. The van der Waals surface area contributed by atoms with Gasteiger partial charge in [0.25, 0.3) is 0 Å². The molecule has 0 atom stereocenters. The summed E-state index contributed by atoms with van der Waals surface area (Å²) in [5.41, 5.74) is 3.88. The summed E-state index contributed by atoms with van der Waals surface area (Å²) < 4.78 is 23.7. The SMILES string of the molecule is COC(=O)c1cc(F)c2c(c1)nc(-c1cc3ccc4c(c3n1CC1CC1)NC(=O)C4(C)C)n2C. The van der Waals surface area contributed by atoms with Crippen molar-refractivity contribution in [2.45, 2.75) is 38.6 Å². The van der Waals surface area contributed by atoms with Gasteiger partial charge in [-0.25, -0.2) is 14.2 Å². The van der Waals surface area contributed by atoms with Crippen LogP contribution in [-0.4, -0.2) is 33.1 Å². The predicted molar refractivity (Wildman–Crippen MR) is 127 cm³/mol. The van der Waals surface area contributed by atoms with Crippen LogP contribution in [0.4, 0.5) is 10.1 Å². The average Bonchev–Trinajstić information content (AvgIpc) is 3.39. The molecule has 0 unspecified atom stereocenters. The van der Waals surface area contributed by atoms with Crippen molar-refractivity contribution in [2.24, 2.45) is 13.0 Å². The Morgan fingerprint density at radius 2 is 2.00 bits per heavy atom. The number of halogens is 1. The number of nitrogens with zero attached hydrogens (tertiary/aromatic N) is 3. The number of hydrogen-bond acceptors (Lipinski definition) is 4. The lowest BCUT2D eigenvalue weighted by molar-refractivity contribution is -0.119. The first-order chi connectivity index (χ1) is 16.2. The number of hydrogen-bond donors (Lipinski definition) is 1. The number of aromatic nitrogens is 3. The van der Waals surface area contributed by atoms with Crippen molar-refractivity contribution >= 4 is 39.5 Å². The molecule has 3 heterocycles. The topological polar surface area (TPSA) is 78.2 Å². The van der Waals surface area contributed by atoms with Crippen LogP contribution >= 0.6 is 0 Å². The largest absolute Gasteiger partial charge is 0.465 e. The Labute approximate surface area is 195 Å². The van der Waals surface area contributed by atoms with Crippen LogP contribution < -0.4 is 5.32 Å². The summed E-state index contributed by atoms with van der Waals surface area (Å²) in [4.78, 5) is 29.5. The Bertz CT molecular complexity index is 1540. The van der Waals surface area contributed by atoms with Crippen molar-refractivity contribution in [3.05, 3.63) is 47.3 Å². The number of benzene rings is 2. The van der Waals surface area contributed by atoms with Crippen LogP contribution in [0.1, 0.15) is 42.6 Å². The molecule has 34 heavy (non-hydrogen) atoms. The lowest BCUT2D eigenvalue weighted by atomic mass is 9.86. The molecule has 1 N–H and O–H groups in total. The number of amides is 1. The number of aryl methyl sites for hydroxylation is 1. The number of carbonyl (C=O) groups is 2. The molecule has 0 bridgehead atoms. The van der Waals surface area contributed by atoms with Crippen molar-refractivity contribution in [1.82, 2.24) is 14.1 Å². The Morgan fingerprint density at radius 1 is 1.24 bits per heavy atom. The number of carbonyl (C=O) groups excluding carboxylic acids is 2. The molecule has 0 radical (unpaired) electrons. The van der Waals surface area contributed by atoms with Crippen LogP contribution in [0.15, 0.2) is 30.3 Å². The van der Waals surface area contributed by atoms with Gasteiger partial charge in [-0.3, -0.25) is 4.79 Å². The summed E-state index contributed by atoms with van der Waals surface area (Å²) in [5, 5.41) is 4.10. The molecule has 1 aliphatic heterocycles. The third kappa shape index (κ3) is 2.84. The van der Waals surface area contributed by atoms with E-state index in [0.29, 0.717) is 22.8 Å². The molecule has 8 heteroatoms. The molecule has 1 fully saturated rings. The van der Waals surface area contributed by atoms with E-state index in [9.17, 15) is 9.59 Å². The van der Waals surface area contributed by atoms with E-state index in [0.717, 1.165) is 47.2 Å². The number of nitrogens with one attached hydrogen (secondary N) is 1. The van der Waals surface area contributed by atoms with Crippen LogP contribution in [0, 0.1) is 11.7 Å². The van der Waals surface area contributed by atoms with Gasteiger partial charge < -0.3 is 19.2 Å². The molecule has 0 saturated heterocycles. The van der Waals surface area contributed by atoms with Crippen LogP contribution in [0.2, 0.25) is 0 Å². The summed E-state index contributed by atoms with van der Waals surface area (Å²) in [6, 6.07) is 8.85. The molecule has 4 aromatic rings. The second-order valence-electron chi connectivity index (χ2n) is 9.90. The van der Waals surface area contributed by atoms with E-state index in [-0.39, 0.29) is 11.5 Å². The second-order valence-corrected chi connectivity index (χ2v) is 9.90. The van der Waals surface area contributed by atoms with E-state index in [1.807, 2.05) is 26.0 Å². The fraction of sp³-hybridized carbons (Fsp3) is 0.346. The van der Waals surface area contributed by atoms with Crippen molar-refractivity contribution < 1.29 is 18.7 Å². The molecule has 0 spiro atoms. The highest BCUT2D eigenvalue weighted by molar-refractivity contribution is 6.13. The summed E-state index contributed by atoms with van der Waals surface area (Å²) >= 11 is 0. The Hall–Kier alpha value is -3.68. The van der Waals surface area contributed by atoms with Gasteiger partial charge in [0.05, 0.1) is 40.5 Å². The predicted octanol–water partition coefficient (Wildman–Crippen LogP) is 4.76. The first-order valence-corrected chi connectivity index (χ1v) is 11.4. The van der Waals surface area contributed by atoms with Gasteiger partial charge in [0.15, 0.2) is 5.82 Å². The molecular weight excluding hydrogens is 435 g/mol. The number of imidazole rings is 1. The van der Waals surface area contributed by atoms with Gasteiger partial charge in [0, 0.05) is 19.0 Å². The maximum absolute atomic E-state index is 15.0. The molecule has 1 saturated carbocycles. The standard InChI is InChI=1S/C26H25FN4O3/c1-26(2)16-8-7-14-11-19(31(12-13-5-6-13)21(14)20(16)29-25(26)33)23-28-18-10-15(24(32)34-4)9-17(27)22(18)30(23)3/h7-11,13H,5-6,12H2,1-4H3,(H,29,33). The van der Waals surface area contributed by atoms with Gasteiger partial charge in [-0.15, -0.1) is 0 Å². The average molecular weight is 461 g/mol. The van der Waals surface area contributed by atoms with E-state index in [4.69, 9.17) is 9.72 Å². The van der Waals surface area contributed by atoms with E-state index < -0.39 is 17.2 Å². The third-order valence-electron chi connectivity index (χ3n) is 7.25. The van der Waals surface area contributed by atoms with Gasteiger partial charge >= 0.3 is 5.97 Å². The highest BCUT2D eigenvalue weighted by atomic mass is 19.1. The molecule has 7 nitrogen and oxygen atoms in total.